The van der Waals surface area contributed by atoms with Crippen LogP contribution in [-0.2, 0) is 20.8 Å². The second-order valence-corrected chi connectivity index (χ2v) is 4.77. The monoisotopic (exact) mass is 327 g/mol. The fourth-order valence-corrected chi connectivity index (χ4v) is 1.40. The van der Waals surface area contributed by atoms with Crippen molar-refractivity contribution in [1.29, 1.82) is 0 Å². The first-order chi connectivity index (χ1) is 10.6. The molecule has 1 aromatic carbocycles. The molecular weight excluding hydrogens is 306 g/mol. The predicted molar refractivity (Wildman–Crippen MR) is 82.7 cm³/mol. The fraction of sp³-hybridized carbons (Fsp3) is 0.357. The van der Waals surface area contributed by atoms with Crippen LogP contribution in [0.15, 0.2) is 24.3 Å². The number of nitrogen functional groups attached to an aromatic ring is 1. The summed E-state index contributed by atoms with van der Waals surface area (Å²) in [5, 5.41) is 24.8. The molecule has 0 amide bonds. The average Bonchev–Trinajstić information content (AvgIpc) is 2.47. The number of anilines is 1. The Morgan fingerprint density at radius 1 is 0.913 bits per heavy atom. The molecule has 0 radical (unpaired) electrons. The van der Waals surface area contributed by atoms with Gasteiger partial charge in [0, 0.05) is 12.1 Å². The van der Waals surface area contributed by atoms with Gasteiger partial charge in [0.05, 0.1) is 0 Å². The molecule has 0 aromatic heterocycles. The van der Waals surface area contributed by atoms with Gasteiger partial charge >= 0.3 is 17.9 Å². The first-order valence-corrected chi connectivity index (χ1v) is 6.66. The van der Waals surface area contributed by atoms with Crippen molar-refractivity contribution in [2.24, 2.45) is 11.5 Å². The van der Waals surface area contributed by atoms with Crippen molar-refractivity contribution in [2.45, 2.75) is 31.3 Å². The topological polar surface area (TPSA) is 190 Å². The van der Waals surface area contributed by atoms with E-state index in [9.17, 15) is 14.4 Å². The van der Waals surface area contributed by atoms with Gasteiger partial charge < -0.3 is 32.5 Å². The van der Waals surface area contributed by atoms with Gasteiger partial charge in [0.1, 0.15) is 12.1 Å². The second-order valence-electron chi connectivity index (χ2n) is 4.77. The third kappa shape index (κ3) is 9.82. The molecule has 0 heterocycles. The maximum Gasteiger partial charge on any atom is 0.320 e. The Bertz CT molecular complexity index is 532. The molecule has 2 atom stereocenters. The maximum atomic E-state index is 10.4. The largest absolute Gasteiger partial charge is 0.481 e. The van der Waals surface area contributed by atoms with E-state index in [0.717, 1.165) is 5.56 Å². The van der Waals surface area contributed by atoms with E-state index in [1.807, 2.05) is 0 Å². The van der Waals surface area contributed by atoms with Crippen LogP contribution >= 0.6 is 0 Å². The van der Waals surface area contributed by atoms with Crippen molar-refractivity contribution in [1.82, 2.24) is 0 Å². The van der Waals surface area contributed by atoms with Crippen LogP contribution in [0.2, 0.25) is 0 Å². The Hall–Kier alpha value is -2.65. The molecule has 0 bridgehead atoms. The van der Waals surface area contributed by atoms with Gasteiger partial charge in [-0.1, -0.05) is 12.1 Å². The van der Waals surface area contributed by atoms with Crippen LogP contribution in [-0.4, -0.2) is 45.3 Å². The fourth-order valence-electron chi connectivity index (χ4n) is 1.40. The average molecular weight is 327 g/mol. The molecule has 9 heteroatoms. The number of carboxylic acid groups (broad SMARTS) is 3. The summed E-state index contributed by atoms with van der Waals surface area (Å²) in [6.07, 6.45) is 0.105. The molecule has 128 valence electrons. The first-order valence-electron chi connectivity index (χ1n) is 6.66. The van der Waals surface area contributed by atoms with Gasteiger partial charge in [-0.25, -0.2) is 0 Å². The van der Waals surface area contributed by atoms with Crippen molar-refractivity contribution in [3.05, 3.63) is 29.8 Å². The van der Waals surface area contributed by atoms with Crippen LogP contribution in [0.1, 0.15) is 18.4 Å². The molecule has 0 saturated carbocycles. The maximum absolute atomic E-state index is 10.4. The number of rotatable bonds is 7. The summed E-state index contributed by atoms with van der Waals surface area (Å²) < 4.78 is 0. The minimum absolute atomic E-state index is 0.0231. The lowest BCUT2D eigenvalue weighted by Crippen LogP contribution is -2.32. The van der Waals surface area contributed by atoms with Crippen LogP contribution in [0.3, 0.4) is 0 Å². The minimum atomic E-state index is -1.17. The number of hydrogen-bond acceptors (Lipinski definition) is 6. The molecule has 23 heavy (non-hydrogen) atoms. The van der Waals surface area contributed by atoms with Crippen LogP contribution in [0.5, 0.6) is 0 Å². The molecule has 0 spiro atoms. The zero-order valence-corrected chi connectivity index (χ0v) is 12.4. The van der Waals surface area contributed by atoms with Gasteiger partial charge in [0.15, 0.2) is 0 Å². The molecule has 0 unspecified atom stereocenters. The number of benzene rings is 1. The Labute approximate surface area is 132 Å². The lowest BCUT2D eigenvalue weighted by molar-refractivity contribution is -0.140. The quantitative estimate of drug-likeness (QED) is 0.358. The molecule has 0 saturated heterocycles. The van der Waals surface area contributed by atoms with Crippen LogP contribution in [0, 0.1) is 0 Å². The highest BCUT2D eigenvalue weighted by molar-refractivity contribution is 5.74. The standard InChI is InChI=1S/C9H12N2O2.C5H9NO4/c10-7-3-1-6(2-4-7)5-8(11)9(12)13;6-3(5(9)10)1-2-4(7)8/h1-4,8H,5,10-11H2,(H,12,13);3H,1-2,6H2,(H,7,8)(H,9,10)/t8-;3-/m00/s1. The summed E-state index contributed by atoms with van der Waals surface area (Å²) in [6.45, 7) is 0. The molecular formula is C14H21N3O6. The van der Waals surface area contributed by atoms with Crippen molar-refractivity contribution in [3.63, 3.8) is 0 Å². The zero-order valence-electron chi connectivity index (χ0n) is 12.4. The van der Waals surface area contributed by atoms with Gasteiger partial charge in [0.25, 0.3) is 0 Å². The Morgan fingerprint density at radius 3 is 1.78 bits per heavy atom. The molecule has 1 aromatic rings. The van der Waals surface area contributed by atoms with Gasteiger partial charge in [-0.2, -0.15) is 0 Å². The van der Waals surface area contributed by atoms with Gasteiger partial charge in [-0.15, -0.1) is 0 Å². The van der Waals surface area contributed by atoms with Crippen molar-refractivity contribution in [3.8, 4) is 0 Å². The number of carbonyl (C=O) groups is 3. The number of hydrogen-bond donors (Lipinski definition) is 6. The molecule has 0 fully saturated rings. The van der Waals surface area contributed by atoms with Crippen LogP contribution < -0.4 is 17.2 Å². The zero-order chi connectivity index (χ0) is 18.0. The summed E-state index contributed by atoms with van der Waals surface area (Å²) in [7, 11) is 0. The van der Waals surface area contributed by atoms with Crippen molar-refractivity contribution >= 4 is 23.6 Å². The van der Waals surface area contributed by atoms with Crippen LogP contribution in [0.25, 0.3) is 0 Å². The molecule has 0 aliphatic carbocycles. The Kier molecular flexibility index (Phi) is 8.97. The number of aliphatic carboxylic acids is 3. The summed E-state index contributed by atoms with van der Waals surface area (Å²) in [6, 6.07) is 5.10. The van der Waals surface area contributed by atoms with Gasteiger partial charge in [-0.3, -0.25) is 14.4 Å². The van der Waals surface area contributed by atoms with E-state index in [1.54, 1.807) is 24.3 Å². The minimum Gasteiger partial charge on any atom is -0.481 e. The van der Waals surface area contributed by atoms with Crippen LogP contribution in [0.4, 0.5) is 5.69 Å². The Balaban J connectivity index is 0.000000438. The smallest absolute Gasteiger partial charge is 0.320 e. The predicted octanol–water partition coefficient (Wildman–Crippen LogP) is -0.514. The summed E-state index contributed by atoms with van der Waals surface area (Å²) >= 11 is 0. The van der Waals surface area contributed by atoms with E-state index < -0.39 is 30.0 Å². The van der Waals surface area contributed by atoms with Gasteiger partial charge in [-0.05, 0) is 30.5 Å². The lowest BCUT2D eigenvalue weighted by atomic mass is 10.1. The van der Waals surface area contributed by atoms with Crippen molar-refractivity contribution < 1.29 is 29.7 Å². The summed E-state index contributed by atoms with van der Waals surface area (Å²) in [4.78, 5) is 30.3. The van der Waals surface area contributed by atoms with E-state index in [2.05, 4.69) is 0 Å². The molecule has 1 rings (SSSR count). The van der Waals surface area contributed by atoms with Gasteiger partial charge in [0.2, 0.25) is 0 Å². The lowest BCUT2D eigenvalue weighted by Gasteiger charge is -2.05. The molecule has 9 nitrogen and oxygen atoms in total. The first kappa shape index (κ1) is 20.3. The highest BCUT2D eigenvalue weighted by Gasteiger charge is 2.12. The van der Waals surface area contributed by atoms with E-state index in [4.69, 9.17) is 32.5 Å². The molecule has 0 aliphatic rings. The second kappa shape index (κ2) is 10.1. The normalized spacial score (nSPS) is 12.4. The number of carboxylic acids is 3. The van der Waals surface area contributed by atoms with E-state index in [-0.39, 0.29) is 12.8 Å². The summed E-state index contributed by atoms with van der Waals surface area (Å²) in [5.74, 6) is -3.19. The molecule has 9 N–H and O–H groups in total. The highest BCUT2D eigenvalue weighted by atomic mass is 16.4. The van der Waals surface area contributed by atoms with Crippen molar-refractivity contribution in [2.75, 3.05) is 5.73 Å². The number of nitrogens with two attached hydrogens (primary N) is 3. The third-order valence-corrected chi connectivity index (χ3v) is 2.74. The highest BCUT2D eigenvalue weighted by Crippen LogP contribution is 2.07. The van der Waals surface area contributed by atoms with E-state index >= 15 is 0 Å². The van der Waals surface area contributed by atoms with E-state index in [0.29, 0.717) is 12.1 Å². The Morgan fingerprint density at radius 2 is 1.39 bits per heavy atom. The third-order valence-electron chi connectivity index (χ3n) is 2.74. The SMILES string of the molecule is N[C@@H](CCC(=O)O)C(=O)O.Nc1ccc(C[C@H](N)C(=O)O)cc1. The molecule has 0 aliphatic heterocycles. The summed E-state index contributed by atoms with van der Waals surface area (Å²) in [5.41, 5.74) is 17.4. The van der Waals surface area contributed by atoms with E-state index in [1.165, 1.54) is 0 Å².